The highest BCUT2D eigenvalue weighted by Gasteiger charge is 2.39. The van der Waals surface area contributed by atoms with Crippen LogP contribution in [0.5, 0.6) is 11.5 Å². The number of imidazole rings is 1. The predicted octanol–water partition coefficient (Wildman–Crippen LogP) is 23.8. The van der Waals surface area contributed by atoms with Gasteiger partial charge in [0.1, 0.15) is 28.5 Å². The van der Waals surface area contributed by atoms with Crippen LogP contribution in [-0.4, -0.2) is 14.1 Å². The van der Waals surface area contributed by atoms with E-state index in [9.17, 15) is 0 Å². The van der Waals surface area contributed by atoms with Gasteiger partial charge in [-0.1, -0.05) is 197 Å². The molecular formula is C90H78N4O2. The standard InChI is InChI=1S/C90H78N4O2/c1-54-21-19-22-55(2)84(54)59-45-70(57-33-38-82-73(43-57)69-28-16-18-30-81(69)96-82)85-75(46-59)72-52-77-76(89(9,10)40-41-90(77,11)12)51-71(72)65-25-13-14-26-66(65)74-44-58(56-31-34-60(35-32-56)87(3,4)5)47-80-86(74)93(85)53-92(80)62-23-20-24-63(49-62)95-64-36-37-68-67-27-15-17-29-78(67)94(79(68)50-64)83-48-61(39-42-91-83)88(6,7)8/h13-39,42-52H,40-41H2,1-12H3/i1D3,2D3. The third kappa shape index (κ3) is 9.57. The molecule has 17 rings (SSSR count). The summed E-state index contributed by atoms with van der Waals surface area (Å²) >= 11 is 0. The molecule has 0 radical (unpaired) electrons. The highest BCUT2D eigenvalue weighted by atomic mass is 16.5. The Hall–Kier alpha value is -10.6. The molecule has 96 heavy (non-hydrogen) atoms. The van der Waals surface area contributed by atoms with Crippen molar-refractivity contribution in [2.24, 2.45) is 0 Å². The number of aromatic nitrogens is 4. The molecule has 0 saturated carbocycles. The van der Waals surface area contributed by atoms with Gasteiger partial charge in [0.2, 0.25) is 0 Å². The Bertz CT molecular complexity index is 5950. The van der Waals surface area contributed by atoms with Crippen LogP contribution in [0.15, 0.2) is 235 Å². The molecule has 0 saturated heterocycles. The number of fused-ring (bicyclic) bond motifs is 14. The van der Waals surface area contributed by atoms with Crippen molar-refractivity contribution in [1.82, 2.24) is 14.1 Å². The predicted molar refractivity (Wildman–Crippen MR) is 398 cm³/mol. The maximum Gasteiger partial charge on any atom is 0.269 e. The molecule has 0 bridgehead atoms. The molecule has 1 aliphatic heterocycles. The molecule has 4 aromatic heterocycles. The van der Waals surface area contributed by atoms with Gasteiger partial charge in [-0.25, -0.2) is 4.98 Å². The summed E-state index contributed by atoms with van der Waals surface area (Å²) < 4.78 is 75.3. The van der Waals surface area contributed by atoms with Crippen LogP contribution in [0.3, 0.4) is 0 Å². The fraction of sp³-hybridized carbons (Fsp3) is 0.200. The number of rotatable bonds is 7. The summed E-state index contributed by atoms with van der Waals surface area (Å²) in [4.78, 5) is 4.98. The van der Waals surface area contributed by atoms with Crippen molar-refractivity contribution in [2.45, 2.75) is 117 Å². The minimum Gasteiger partial charge on any atom is -0.458 e. The Morgan fingerprint density at radius 2 is 1.09 bits per heavy atom. The van der Waals surface area contributed by atoms with Gasteiger partial charge in [0, 0.05) is 42.0 Å². The molecule has 0 fully saturated rings. The maximum atomic E-state index is 9.17. The molecule has 6 nitrogen and oxygen atoms in total. The molecule has 1 aliphatic carbocycles. The van der Waals surface area contributed by atoms with E-state index >= 15 is 0 Å². The van der Waals surface area contributed by atoms with E-state index in [1.165, 1.54) is 22.3 Å². The van der Waals surface area contributed by atoms with E-state index in [4.69, 9.17) is 22.4 Å². The van der Waals surface area contributed by atoms with Crippen molar-refractivity contribution in [2.75, 3.05) is 0 Å². The second-order valence-electron chi connectivity index (χ2n) is 30.0. The Kier molecular flexibility index (Phi) is 11.8. The van der Waals surface area contributed by atoms with Gasteiger partial charge in [-0.3, -0.25) is 13.7 Å². The van der Waals surface area contributed by atoms with E-state index in [-0.39, 0.29) is 38.4 Å². The number of aryl methyl sites for hydroxylation is 2. The number of furan rings is 1. The van der Waals surface area contributed by atoms with Crippen molar-refractivity contribution in [3.8, 4) is 95.5 Å². The number of pyridine rings is 1. The van der Waals surface area contributed by atoms with E-state index < -0.39 is 13.7 Å². The molecule has 470 valence electrons. The lowest BCUT2D eigenvalue weighted by Gasteiger charge is -2.42. The molecule has 0 amide bonds. The lowest BCUT2D eigenvalue weighted by Crippen LogP contribution is -2.34. The van der Waals surface area contributed by atoms with E-state index in [1.54, 1.807) is 18.2 Å². The van der Waals surface area contributed by atoms with E-state index in [2.05, 4.69) is 247 Å². The van der Waals surface area contributed by atoms with Crippen LogP contribution in [0, 0.1) is 20.0 Å². The van der Waals surface area contributed by atoms with Gasteiger partial charge in [-0.05, 0) is 239 Å². The van der Waals surface area contributed by atoms with Crippen molar-refractivity contribution >= 4 is 54.8 Å². The average molecular weight is 1250 g/mol. The Morgan fingerprint density at radius 3 is 1.83 bits per heavy atom. The monoisotopic (exact) mass is 1250 g/mol. The smallest absolute Gasteiger partial charge is 0.269 e. The first-order valence-corrected chi connectivity index (χ1v) is 33.5. The molecule has 6 heteroatoms. The molecule has 0 unspecified atom stereocenters. The number of nitrogens with zero attached hydrogens (tertiary/aromatic N) is 4. The van der Waals surface area contributed by atoms with Crippen LogP contribution >= 0.6 is 0 Å². The van der Waals surface area contributed by atoms with Gasteiger partial charge in [-0.15, -0.1) is 0 Å². The zero-order valence-electron chi connectivity index (χ0n) is 62.0. The van der Waals surface area contributed by atoms with Gasteiger partial charge in [0.25, 0.3) is 6.33 Å². The van der Waals surface area contributed by atoms with Gasteiger partial charge in [-0.2, -0.15) is 0 Å². The van der Waals surface area contributed by atoms with Crippen LogP contribution in [0.4, 0.5) is 0 Å². The quantitative estimate of drug-likeness (QED) is 0.118. The number of ether oxygens (including phenoxy) is 1. The largest absolute Gasteiger partial charge is 0.458 e. The zero-order valence-corrected chi connectivity index (χ0v) is 56.0. The van der Waals surface area contributed by atoms with Crippen LogP contribution in [0.1, 0.15) is 124 Å². The van der Waals surface area contributed by atoms with E-state index in [0.29, 0.717) is 22.6 Å². The SMILES string of the molecule is [2H]C([2H])([2H])c1cccc(C([2H])([2H])[2H])c1-c1cc(-c2ccc3oc4ccccc4c3c2)c2c(c1)-c1cc3c(cc1-c1ccccc1-c1cc(-c4ccc(C(C)(C)C)cc4)cc4c1[n+]-2[c-]n4-c1cccc(Oc2ccc4c5ccccc5n(-c5cc(C(C)(C)C)ccn5)c4c2)c1)C(C)(C)CCC3(C)C. The van der Waals surface area contributed by atoms with E-state index in [0.717, 1.165) is 135 Å². The van der Waals surface area contributed by atoms with Crippen LogP contribution in [0.25, 0.3) is 139 Å². The normalized spacial score (nSPS) is 15.3. The van der Waals surface area contributed by atoms with Gasteiger partial charge in [0.15, 0.2) is 0 Å². The summed E-state index contributed by atoms with van der Waals surface area (Å²) in [7, 11) is 0. The van der Waals surface area contributed by atoms with Gasteiger partial charge < -0.3 is 9.15 Å². The summed E-state index contributed by atoms with van der Waals surface area (Å²) in [5.74, 6) is 2.09. The summed E-state index contributed by atoms with van der Waals surface area (Å²) in [5.41, 5.74) is 20.8. The van der Waals surface area contributed by atoms with Crippen molar-refractivity contribution in [1.29, 1.82) is 0 Å². The Balaban J connectivity index is 0.990. The second-order valence-corrected chi connectivity index (χ2v) is 30.0. The molecule has 0 atom stereocenters. The minimum absolute atomic E-state index is 0.0475. The summed E-state index contributed by atoms with van der Waals surface area (Å²) in [6, 6.07) is 77.5. The number of hydrogen-bond acceptors (Lipinski definition) is 3. The topological polar surface area (TPSA) is 49.0 Å². The Labute approximate surface area is 571 Å². The first-order chi connectivity index (χ1) is 48.6. The third-order valence-electron chi connectivity index (χ3n) is 20.8. The van der Waals surface area contributed by atoms with Gasteiger partial charge >= 0.3 is 0 Å². The first kappa shape index (κ1) is 52.8. The van der Waals surface area contributed by atoms with E-state index in [1.807, 2.05) is 54.7 Å². The first-order valence-electron chi connectivity index (χ1n) is 36.5. The molecule has 2 aliphatic rings. The third-order valence-corrected chi connectivity index (χ3v) is 20.8. The number of para-hydroxylation sites is 2. The Morgan fingerprint density at radius 1 is 0.469 bits per heavy atom. The molecular weight excluding hydrogens is 1170 g/mol. The van der Waals surface area contributed by atoms with Crippen LogP contribution in [-0.2, 0) is 21.7 Å². The summed E-state index contributed by atoms with van der Waals surface area (Å²) in [6.45, 7) is 17.4. The summed E-state index contributed by atoms with van der Waals surface area (Å²) in [5, 5.41) is 4.03. The van der Waals surface area contributed by atoms with Gasteiger partial charge in [0.05, 0.1) is 33.4 Å². The van der Waals surface area contributed by atoms with Crippen molar-refractivity contribution < 1.29 is 21.9 Å². The molecule has 0 spiro atoms. The lowest BCUT2D eigenvalue weighted by molar-refractivity contribution is -0.570. The maximum absolute atomic E-state index is 9.17. The molecule has 11 aromatic carbocycles. The summed E-state index contributed by atoms with van der Waals surface area (Å²) in [6.07, 6.45) is 7.95. The fourth-order valence-electron chi connectivity index (χ4n) is 15.4. The second kappa shape index (κ2) is 21.5. The number of benzene rings is 11. The van der Waals surface area contributed by atoms with Crippen LogP contribution < -0.4 is 9.30 Å². The zero-order chi connectivity index (χ0) is 70.9. The highest BCUT2D eigenvalue weighted by molar-refractivity contribution is 6.11. The van der Waals surface area contributed by atoms with Crippen LogP contribution in [0.2, 0.25) is 0 Å². The number of hydrogen-bond donors (Lipinski definition) is 0. The molecule has 15 aromatic rings. The fourth-order valence-corrected chi connectivity index (χ4v) is 15.4. The molecule has 5 heterocycles. The van der Waals surface area contributed by atoms with Crippen molar-refractivity contribution in [3.05, 3.63) is 270 Å². The lowest BCUT2D eigenvalue weighted by atomic mass is 9.62. The molecule has 0 N–H and O–H groups in total. The minimum atomic E-state index is -2.70. The van der Waals surface area contributed by atoms with Crippen molar-refractivity contribution in [3.63, 3.8) is 0 Å². The highest BCUT2D eigenvalue weighted by Crippen LogP contribution is 2.54. The average Bonchev–Trinajstić information content (AvgIpc) is 1.39.